The molecule has 0 saturated heterocycles. The standard InChI is InChI=1S/C7H8BrN5S/c1-2-5-10-7(14-12-5)13-3-4(8)6(9)11-13/h3H,2H2,1H3,(H2,9,11). The molecule has 0 amide bonds. The predicted octanol–water partition coefficient (Wildman–Crippen LogP) is 1.63. The summed E-state index contributed by atoms with van der Waals surface area (Å²) in [5.74, 6) is 1.29. The number of aromatic nitrogens is 4. The zero-order chi connectivity index (χ0) is 10.1. The maximum absolute atomic E-state index is 5.59. The van der Waals surface area contributed by atoms with E-state index in [1.165, 1.54) is 11.5 Å². The molecule has 2 aromatic heterocycles. The first-order valence-corrected chi connectivity index (χ1v) is 5.61. The number of nitrogens with zero attached hydrogens (tertiary/aromatic N) is 4. The third-order valence-corrected chi connectivity index (χ3v) is 3.02. The summed E-state index contributed by atoms with van der Waals surface area (Å²) in [6.07, 6.45) is 2.60. The van der Waals surface area contributed by atoms with E-state index in [0.29, 0.717) is 5.82 Å². The van der Waals surface area contributed by atoms with Crippen LogP contribution in [0.2, 0.25) is 0 Å². The van der Waals surface area contributed by atoms with Crippen LogP contribution < -0.4 is 5.73 Å². The first kappa shape index (κ1) is 9.60. The van der Waals surface area contributed by atoms with Crippen molar-refractivity contribution >= 4 is 33.3 Å². The van der Waals surface area contributed by atoms with E-state index in [0.717, 1.165) is 21.8 Å². The highest BCUT2D eigenvalue weighted by molar-refractivity contribution is 9.10. The Hall–Kier alpha value is -0.950. The molecule has 2 rings (SSSR count). The Kier molecular flexibility index (Phi) is 2.51. The fourth-order valence-electron chi connectivity index (χ4n) is 0.946. The van der Waals surface area contributed by atoms with E-state index in [2.05, 4.69) is 30.4 Å². The number of nitrogen functional groups attached to an aromatic ring is 1. The smallest absolute Gasteiger partial charge is 0.230 e. The van der Waals surface area contributed by atoms with Crippen molar-refractivity contribution in [1.29, 1.82) is 0 Å². The number of nitrogens with two attached hydrogens (primary N) is 1. The van der Waals surface area contributed by atoms with Gasteiger partial charge in [-0.15, -0.1) is 5.10 Å². The van der Waals surface area contributed by atoms with Crippen LogP contribution in [-0.4, -0.2) is 19.1 Å². The van der Waals surface area contributed by atoms with Gasteiger partial charge in [0.15, 0.2) is 5.82 Å². The molecule has 0 radical (unpaired) electrons. The van der Waals surface area contributed by atoms with Crippen molar-refractivity contribution in [3.63, 3.8) is 0 Å². The second-order valence-electron chi connectivity index (χ2n) is 2.65. The predicted molar refractivity (Wildman–Crippen MR) is 58.5 cm³/mol. The van der Waals surface area contributed by atoms with E-state index in [4.69, 9.17) is 5.73 Å². The van der Waals surface area contributed by atoms with Crippen LogP contribution in [0.15, 0.2) is 10.7 Å². The summed E-state index contributed by atoms with van der Waals surface area (Å²) in [6.45, 7) is 2.01. The number of hydrogen-bond acceptors (Lipinski definition) is 5. The summed E-state index contributed by atoms with van der Waals surface area (Å²) in [5.41, 5.74) is 5.59. The number of hydrogen-bond donors (Lipinski definition) is 1. The number of anilines is 1. The van der Waals surface area contributed by atoms with Crippen molar-refractivity contribution in [2.24, 2.45) is 0 Å². The Morgan fingerprint density at radius 1 is 1.64 bits per heavy atom. The summed E-state index contributed by atoms with van der Waals surface area (Å²) in [7, 11) is 0. The van der Waals surface area contributed by atoms with Gasteiger partial charge in [-0.25, -0.2) is 9.67 Å². The number of halogens is 1. The van der Waals surface area contributed by atoms with Crippen LogP contribution in [0.5, 0.6) is 0 Å². The zero-order valence-corrected chi connectivity index (χ0v) is 9.84. The molecule has 0 aliphatic carbocycles. The van der Waals surface area contributed by atoms with Gasteiger partial charge in [0.2, 0.25) is 5.13 Å². The van der Waals surface area contributed by atoms with Crippen LogP contribution >= 0.6 is 27.5 Å². The molecule has 0 spiro atoms. The van der Waals surface area contributed by atoms with E-state index in [9.17, 15) is 0 Å². The lowest BCUT2D eigenvalue weighted by atomic mass is 10.5. The van der Waals surface area contributed by atoms with Gasteiger partial charge in [-0.2, -0.15) is 4.37 Å². The lowest BCUT2D eigenvalue weighted by molar-refractivity contribution is 0.858. The lowest BCUT2D eigenvalue weighted by Crippen LogP contribution is -1.95. The van der Waals surface area contributed by atoms with Crippen molar-refractivity contribution in [2.75, 3.05) is 5.73 Å². The molecular formula is C7H8BrN5S. The molecule has 7 heteroatoms. The molecule has 0 atom stereocenters. The van der Waals surface area contributed by atoms with Crippen LogP contribution in [0.1, 0.15) is 12.7 Å². The Balaban J connectivity index is 2.39. The molecule has 5 nitrogen and oxygen atoms in total. The fraction of sp³-hybridized carbons (Fsp3) is 0.286. The van der Waals surface area contributed by atoms with Gasteiger partial charge in [-0.05, 0) is 15.9 Å². The van der Waals surface area contributed by atoms with E-state index in [1.807, 2.05) is 6.92 Å². The highest BCUT2D eigenvalue weighted by Crippen LogP contribution is 2.20. The van der Waals surface area contributed by atoms with Crippen LogP contribution in [0.25, 0.3) is 5.13 Å². The van der Waals surface area contributed by atoms with Crippen molar-refractivity contribution in [2.45, 2.75) is 13.3 Å². The number of aryl methyl sites for hydroxylation is 1. The van der Waals surface area contributed by atoms with Crippen LogP contribution in [0.4, 0.5) is 5.82 Å². The van der Waals surface area contributed by atoms with Crippen LogP contribution in [0.3, 0.4) is 0 Å². The summed E-state index contributed by atoms with van der Waals surface area (Å²) in [5, 5.41) is 4.82. The summed E-state index contributed by atoms with van der Waals surface area (Å²) >= 11 is 4.60. The molecule has 14 heavy (non-hydrogen) atoms. The second-order valence-corrected chi connectivity index (χ2v) is 4.24. The van der Waals surface area contributed by atoms with Crippen molar-refractivity contribution in [1.82, 2.24) is 19.1 Å². The highest BCUT2D eigenvalue weighted by Gasteiger charge is 2.08. The molecule has 0 aliphatic heterocycles. The lowest BCUT2D eigenvalue weighted by Gasteiger charge is -1.90. The molecule has 0 fully saturated rings. The van der Waals surface area contributed by atoms with E-state index in [1.54, 1.807) is 10.9 Å². The average molecular weight is 274 g/mol. The van der Waals surface area contributed by atoms with Crippen LogP contribution in [-0.2, 0) is 6.42 Å². The molecule has 2 N–H and O–H groups in total. The largest absolute Gasteiger partial charge is 0.381 e. The second kappa shape index (κ2) is 3.66. The Morgan fingerprint density at radius 2 is 2.43 bits per heavy atom. The fourth-order valence-corrected chi connectivity index (χ4v) is 1.90. The van der Waals surface area contributed by atoms with E-state index < -0.39 is 0 Å². The Morgan fingerprint density at radius 3 is 2.93 bits per heavy atom. The summed E-state index contributed by atoms with van der Waals surface area (Å²) < 4.78 is 6.55. The van der Waals surface area contributed by atoms with Gasteiger partial charge in [-0.1, -0.05) is 6.92 Å². The van der Waals surface area contributed by atoms with Gasteiger partial charge in [0.25, 0.3) is 0 Å². The molecule has 0 saturated carbocycles. The van der Waals surface area contributed by atoms with Crippen molar-refractivity contribution in [3.05, 3.63) is 16.5 Å². The molecule has 0 unspecified atom stereocenters. The van der Waals surface area contributed by atoms with Crippen LogP contribution in [0, 0.1) is 0 Å². The van der Waals surface area contributed by atoms with E-state index >= 15 is 0 Å². The molecular weight excluding hydrogens is 266 g/mol. The van der Waals surface area contributed by atoms with Gasteiger partial charge >= 0.3 is 0 Å². The molecule has 2 aromatic rings. The topological polar surface area (TPSA) is 69.6 Å². The zero-order valence-electron chi connectivity index (χ0n) is 7.44. The summed E-state index contributed by atoms with van der Waals surface area (Å²) in [6, 6.07) is 0. The minimum Gasteiger partial charge on any atom is -0.381 e. The van der Waals surface area contributed by atoms with Crippen molar-refractivity contribution in [3.8, 4) is 5.13 Å². The molecule has 0 aliphatic rings. The van der Waals surface area contributed by atoms with Gasteiger partial charge in [-0.3, -0.25) is 0 Å². The maximum Gasteiger partial charge on any atom is 0.230 e. The first-order chi connectivity index (χ1) is 6.70. The molecule has 2 heterocycles. The Labute approximate surface area is 93.3 Å². The monoisotopic (exact) mass is 273 g/mol. The molecule has 0 bridgehead atoms. The summed E-state index contributed by atoms with van der Waals surface area (Å²) in [4.78, 5) is 4.28. The third-order valence-electron chi connectivity index (χ3n) is 1.67. The molecule has 0 aromatic carbocycles. The average Bonchev–Trinajstić information content (AvgIpc) is 2.74. The van der Waals surface area contributed by atoms with Crippen molar-refractivity contribution < 1.29 is 0 Å². The quantitative estimate of drug-likeness (QED) is 0.903. The SMILES string of the molecule is CCc1nsc(-n2cc(Br)c(N)n2)n1. The third kappa shape index (κ3) is 1.64. The van der Waals surface area contributed by atoms with E-state index in [-0.39, 0.29) is 0 Å². The number of rotatable bonds is 2. The first-order valence-electron chi connectivity index (χ1n) is 4.04. The van der Waals surface area contributed by atoms with Gasteiger partial charge in [0.1, 0.15) is 5.82 Å². The minimum absolute atomic E-state index is 0.457. The molecule has 74 valence electrons. The van der Waals surface area contributed by atoms with Gasteiger partial charge in [0.05, 0.1) is 4.47 Å². The minimum atomic E-state index is 0.457. The normalized spacial score (nSPS) is 10.7. The van der Waals surface area contributed by atoms with Gasteiger partial charge in [0, 0.05) is 24.2 Å². The highest BCUT2D eigenvalue weighted by atomic mass is 79.9. The van der Waals surface area contributed by atoms with Gasteiger partial charge < -0.3 is 5.73 Å². The maximum atomic E-state index is 5.59. The Bertz CT molecular complexity index is 429.